The van der Waals surface area contributed by atoms with Gasteiger partial charge in [-0.3, -0.25) is 4.79 Å². The third kappa shape index (κ3) is 5.14. The summed E-state index contributed by atoms with van der Waals surface area (Å²) in [6, 6.07) is 0. The summed E-state index contributed by atoms with van der Waals surface area (Å²) in [6.07, 6.45) is -10.4. The second-order valence-electron chi connectivity index (χ2n) is 4.88. The van der Waals surface area contributed by atoms with Crippen LogP contribution in [0.4, 0.5) is 26.3 Å². The van der Waals surface area contributed by atoms with E-state index in [2.05, 4.69) is 4.74 Å². The first-order chi connectivity index (χ1) is 7.66. The Hall–Kier alpha value is -0.950. The molecule has 2 atom stereocenters. The van der Waals surface area contributed by atoms with Gasteiger partial charge in [-0.15, -0.1) is 0 Å². The Balaban J connectivity index is 5.22. The first-order valence-corrected chi connectivity index (χ1v) is 5.02. The van der Waals surface area contributed by atoms with Crippen molar-refractivity contribution in [1.29, 1.82) is 0 Å². The number of carbonyl (C=O) groups is 1. The monoisotopic (exact) mass is 280 g/mol. The van der Waals surface area contributed by atoms with Crippen LogP contribution in [0.25, 0.3) is 0 Å². The third-order valence-electron chi connectivity index (χ3n) is 2.03. The molecule has 0 amide bonds. The van der Waals surface area contributed by atoms with Crippen LogP contribution in [-0.2, 0) is 9.53 Å². The van der Waals surface area contributed by atoms with E-state index in [9.17, 15) is 31.1 Å². The summed E-state index contributed by atoms with van der Waals surface area (Å²) in [5, 5.41) is 0. The van der Waals surface area contributed by atoms with Gasteiger partial charge in [0.1, 0.15) is 5.60 Å². The number of hydrogen-bond donors (Lipinski definition) is 0. The highest BCUT2D eigenvalue weighted by Gasteiger charge is 2.57. The van der Waals surface area contributed by atoms with Crippen LogP contribution < -0.4 is 0 Å². The quantitative estimate of drug-likeness (QED) is 0.569. The highest BCUT2D eigenvalue weighted by Crippen LogP contribution is 2.41. The molecule has 0 aliphatic rings. The summed E-state index contributed by atoms with van der Waals surface area (Å²) < 4.78 is 78.9. The van der Waals surface area contributed by atoms with E-state index in [4.69, 9.17) is 0 Å². The molecular weight excluding hydrogens is 266 g/mol. The summed E-state index contributed by atoms with van der Waals surface area (Å²) >= 11 is 0. The molecule has 0 spiro atoms. The molecule has 108 valence electrons. The zero-order valence-electron chi connectivity index (χ0n) is 10.2. The molecule has 0 aromatic carbocycles. The van der Waals surface area contributed by atoms with E-state index >= 15 is 0 Å². The Morgan fingerprint density at radius 3 is 1.56 bits per heavy atom. The lowest BCUT2D eigenvalue weighted by Gasteiger charge is -2.29. The minimum Gasteiger partial charge on any atom is -0.459 e. The third-order valence-corrected chi connectivity index (χ3v) is 2.03. The van der Waals surface area contributed by atoms with Gasteiger partial charge in [-0.1, -0.05) is 6.92 Å². The Bertz CT molecular complexity index is 299. The number of carbonyl (C=O) groups excluding carboxylic acids is 1. The van der Waals surface area contributed by atoms with Crippen molar-refractivity contribution in [3.05, 3.63) is 0 Å². The molecule has 0 bridgehead atoms. The Morgan fingerprint density at radius 1 is 0.944 bits per heavy atom. The van der Waals surface area contributed by atoms with Gasteiger partial charge in [-0.05, 0) is 20.8 Å². The van der Waals surface area contributed by atoms with Gasteiger partial charge in [0.2, 0.25) is 0 Å². The molecule has 0 aliphatic carbocycles. The molecule has 2 nitrogen and oxygen atoms in total. The lowest BCUT2D eigenvalue weighted by molar-refractivity contribution is -0.255. The molecule has 0 aromatic heterocycles. The number of halogens is 6. The van der Waals surface area contributed by atoms with Gasteiger partial charge < -0.3 is 4.74 Å². The van der Waals surface area contributed by atoms with Crippen LogP contribution in [0.15, 0.2) is 0 Å². The SMILES string of the molecule is CC(C(C(=O)OC(C)(C)C)C(F)(F)F)C(F)(F)F. The molecule has 0 saturated heterocycles. The molecule has 0 heterocycles. The average molecular weight is 280 g/mol. The smallest absolute Gasteiger partial charge is 0.402 e. The molecule has 0 aliphatic heterocycles. The standard InChI is InChI=1S/C10H14F6O2/c1-5(9(11,12)13)6(10(14,15)16)7(17)18-8(2,3)4/h5-6H,1-4H3. The fourth-order valence-corrected chi connectivity index (χ4v) is 1.18. The summed E-state index contributed by atoms with van der Waals surface area (Å²) in [6.45, 7) is 4.13. The van der Waals surface area contributed by atoms with Crippen molar-refractivity contribution in [2.45, 2.75) is 45.6 Å². The summed E-state index contributed by atoms with van der Waals surface area (Å²) in [5.74, 6) is -7.98. The molecule has 18 heavy (non-hydrogen) atoms. The molecule has 0 radical (unpaired) electrons. The largest absolute Gasteiger partial charge is 0.459 e. The van der Waals surface area contributed by atoms with E-state index in [1.54, 1.807) is 0 Å². The van der Waals surface area contributed by atoms with Gasteiger partial charge in [0, 0.05) is 0 Å². The Kier molecular flexibility index (Phi) is 4.71. The van der Waals surface area contributed by atoms with Crippen molar-refractivity contribution >= 4 is 5.97 Å². The van der Waals surface area contributed by atoms with Gasteiger partial charge >= 0.3 is 18.3 Å². The van der Waals surface area contributed by atoms with Crippen LogP contribution in [0.1, 0.15) is 27.7 Å². The van der Waals surface area contributed by atoms with Crippen molar-refractivity contribution in [2.24, 2.45) is 11.8 Å². The van der Waals surface area contributed by atoms with Crippen LogP contribution in [0.5, 0.6) is 0 Å². The number of rotatable bonds is 2. The van der Waals surface area contributed by atoms with Gasteiger partial charge in [0.05, 0.1) is 5.92 Å². The molecule has 0 rings (SSSR count). The van der Waals surface area contributed by atoms with Crippen LogP contribution in [-0.4, -0.2) is 23.9 Å². The van der Waals surface area contributed by atoms with E-state index in [-0.39, 0.29) is 0 Å². The fourth-order valence-electron chi connectivity index (χ4n) is 1.18. The predicted octanol–water partition coefficient (Wildman–Crippen LogP) is 3.71. The molecule has 0 fully saturated rings. The van der Waals surface area contributed by atoms with Gasteiger partial charge in [-0.25, -0.2) is 0 Å². The van der Waals surface area contributed by atoms with Gasteiger partial charge in [0.15, 0.2) is 5.92 Å². The molecule has 0 aromatic rings. The maximum Gasteiger partial charge on any atom is 0.402 e. The number of esters is 1. The molecule has 0 saturated carbocycles. The molecular formula is C10H14F6O2. The van der Waals surface area contributed by atoms with Crippen LogP contribution in [0.3, 0.4) is 0 Å². The van der Waals surface area contributed by atoms with E-state index in [0.717, 1.165) is 0 Å². The lowest BCUT2D eigenvalue weighted by Crippen LogP contribution is -2.44. The summed E-state index contributed by atoms with van der Waals surface area (Å²) in [4.78, 5) is 11.3. The van der Waals surface area contributed by atoms with E-state index in [1.165, 1.54) is 20.8 Å². The summed E-state index contributed by atoms with van der Waals surface area (Å²) in [5.41, 5.74) is -1.29. The van der Waals surface area contributed by atoms with Gasteiger partial charge in [0.25, 0.3) is 0 Å². The maximum absolute atomic E-state index is 12.5. The molecule has 8 heteroatoms. The normalized spacial score (nSPS) is 17.2. The topological polar surface area (TPSA) is 26.3 Å². The van der Waals surface area contributed by atoms with Crippen molar-refractivity contribution in [2.75, 3.05) is 0 Å². The average Bonchev–Trinajstić information content (AvgIpc) is 1.94. The number of ether oxygens (including phenoxy) is 1. The Morgan fingerprint density at radius 2 is 1.33 bits per heavy atom. The molecule has 0 N–H and O–H groups in total. The number of hydrogen-bond acceptors (Lipinski definition) is 2. The van der Waals surface area contributed by atoms with E-state index in [1.807, 2.05) is 0 Å². The van der Waals surface area contributed by atoms with E-state index in [0.29, 0.717) is 6.92 Å². The maximum atomic E-state index is 12.5. The van der Waals surface area contributed by atoms with Crippen molar-refractivity contribution in [3.8, 4) is 0 Å². The highest BCUT2D eigenvalue weighted by molar-refractivity contribution is 5.74. The minimum atomic E-state index is -5.31. The van der Waals surface area contributed by atoms with Crippen molar-refractivity contribution in [3.63, 3.8) is 0 Å². The minimum absolute atomic E-state index is 0.308. The fraction of sp³-hybridized carbons (Fsp3) is 0.900. The first kappa shape index (κ1) is 17.1. The van der Waals surface area contributed by atoms with Gasteiger partial charge in [-0.2, -0.15) is 26.3 Å². The lowest BCUT2D eigenvalue weighted by atomic mass is 9.92. The van der Waals surface area contributed by atoms with Crippen LogP contribution in [0.2, 0.25) is 0 Å². The Labute approximate surface area is 100 Å². The highest BCUT2D eigenvalue weighted by atomic mass is 19.4. The first-order valence-electron chi connectivity index (χ1n) is 5.02. The van der Waals surface area contributed by atoms with Crippen LogP contribution >= 0.6 is 0 Å². The summed E-state index contributed by atoms with van der Waals surface area (Å²) in [7, 11) is 0. The van der Waals surface area contributed by atoms with Crippen molar-refractivity contribution in [1.82, 2.24) is 0 Å². The zero-order chi connectivity index (χ0) is 14.9. The number of alkyl halides is 6. The second-order valence-corrected chi connectivity index (χ2v) is 4.88. The second kappa shape index (κ2) is 4.97. The molecule has 2 unspecified atom stereocenters. The zero-order valence-corrected chi connectivity index (χ0v) is 10.2. The van der Waals surface area contributed by atoms with Crippen molar-refractivity contribution < 1.29 is 35.9 Å². The van der Waals surface area contributed by atoms with E-state index < -0.39 is 35.8 Å². The van der Waals surface area contributed by atoms with Crippen LogP contribution in [0, 0.1) is 11.8 Å². The predicted molar refractivity (Wildman–Crippen MR) is 50.6 cm³/mol.